The Labute approximate surface area is 156 Å². The summed E-state index contributed by atoms with van der Waals surface area (Å²) in [6.07, 6.45) is 4.52. The van der Waals surface area contributed by atoms with Crippen LogP contribution in [0.1, 0.15) is 37.6 Å². The van der Waals surface area contributed by atoms with Gasteiger partial charge in [0.2, 0.25) is 0 Å². The van der Waals surface area contributed by atoms with Crippen LogP contribution in [0.4, 0.5) is 0 Å². The lowest BCUT2D eigenvalue weighted by Crippen LogP contribution is -2.41. The van der Waals surface area contributed by atoms with Crippen LogP contribution in [0, 0.1) is 11.3 Å². The van der Waals surface area contributed by atoms with Gasteiger partial charge in [-0.05, 0) is 35.8 Å². The van der Waals surface area contributed by atoms with Crippen LogP contribution in [0.25, 0.3) is 0 Å². The van der Waals surface area contributed by atoms with E-state index in [4.69, 9.17) is 21.3 Å². The zero-order valence-corrected chi connectivity index (χ0v) is 17.4. The Balaban J connectivity index is 2.03. The monoisotopic (exact) mass is 375 g/mol. The summed E-state index contributed by atoms with van der Waals surface area (Å²) in [5.74, 6) is 0. The highest BCUT2D eigenvalue weighted by atomic mass is 35.5. The molecule has 2 aromatic rings. The average Bonchev–Trinajstić information content (AvgIpc) is 2.95. The van der Waals surface area contributed by atoms with Crippen molar-refractivity contribution in [2.75, 3.05) is 6.61 Å². The third-order valence-electron chi connectivity index (χ3n) is 4.95. The first kappa shape index (κ1) is 19.7. The molecule has 4 nitrogen and oxygen atoms in total. The second-order valence-electron chi connectivity index (χ2n) is 7.79. The predicted octanol–water partition coefficient (Wildman–Crippen LogP) is 5.02. The number of imidazole rings is 1. The topological polar surface area (TPSA) is 50.8 Å². The van der Waals surface area contributed by atoms with E-state index in [1.165, 1.54) is 0 Å². The molecule has 0 saturated carbocycles. The Morgan fingerprint density at radius 2 is 2.04 bits per heavy atom. The molecule has 0 spiro atoms. The molecule has 25 heavy (non-hydrogen) atoms. The van der Waals surface area contributed by atoms with Crippen molar-refractivity contribution < 1.29 is 4.43 Å². The lowest BCUT2D eigenvalue weighted by atomic mass is 10.1. The quantitative estimate of drug-likeness (QED) is 0.666. The first-order chi connectivity index (χ1) is 11.6. The van der Waals surface area contributed by atoms with Crippen molar-refractivity contribution in [2.24, 2.45) is 0 Å². The van der Waals surface area contributed by atoms with Crippen LogP contribution in [0.5, 0.6) is 0 Å². The van der Waals surface area contributed by atoms with Gasteiger partial charge in [0.25, 0.3) is 0 Å². The maximum atomic E-state index is 8.94. The number of hydrogen-bond donors (Lipinski definition) is 0. The molecule has 0 aliphatic rings. The van der Waals surface area contributed by atoms with Gasteiger partial charge < -0.3 is 8.99 Å². The van der Waals surface area contributed by atoms with Crippen molar-refractivity contribution >= 4 is 19.9 Å². The third kappa shape index (κ3) is 4.94. The summed E-state index contributed by atoms with van der Waals surface area (Å²) in [6.45, 7) is 12.6. The molecule has 2 rings (SSSR count). The Bertz CT molecular complexity index is 772. The van der Waals surface area contributed by atoms with Crippen molar-refractivity contribution in [1.29, 1.82) is 5.26 Å². The second kappa shape index (κ2) is 7.73. The molecule has 0 fully saturated rings. The standard InChI is InChI=1S/C19H26ClN3OSi/c1-19(2,3)25(4,5)24-9-8-17-12-22-14-23(17)13-16-7-6-15(11-21)10-18(16)20/h6-7,10,12,14H,8-9,13H2,1-5H3. The van der Waals surface area contributed by atoms with Crippen molar-refractivity contribution in [3.63, 3.8) is 0 Å². The van der Waals surface area contributed by atoms with Gasteiger partial charge in [-0.15, -0.1) is 0 Å². The van der Waals surface area contributed by atoms with Gasteiger partial charge in [0.1, 0.15) is 0 Å². The number of aromatic nitrogens is 2. The number of hydrogen-bond acceptors (Lipinski definition) is 3. The zero-order chi connectivity index (χ0) is 18.7. The zero-order valence-electron chi connectivity index (χ0n) is 15.6. The fraction of sp³-hybridized carbons (Fsp3) is 0.474. The Hall–Kier alpha value is -1.61. The predicted molar refractivity (Wildman–Crippen MR) is 104 cm³/mol. The van der Waals surface area contributed by atoms with E-state index in [1.54, 1.807) is 12.1 Å². The molecule has 0 N–H and O–H groups in total. The molecule has 0 radical (unpaired) electrons. The fourth-order valence-corrected chi connectivity index (χ4v) is 3.54. The van der Waals surface area contributed by atoms with E-state index in [0.717, 1.165) is 17.7 Å². The number of benzene rings is 1. The van der Waals surface area contributed by atoms with E-state index in [2.05, 4.69) is 49.5 Å². The van der Waals surface area contributed by atoms with Gasteiger partial charge in [-0.2, -0.15) is 5.26 Å². The molecular formula is C19H26ClN3OSi. The van der Waals surface area contributed by atoms with E-state index in [0.29, 0.717) is 23.7 Å². The first-order valence-electron chi connectivity index (χ1n) is 8.45. The fourth-order valence-electron chi connectivity index (χ4n) is 2.25. The molecule has 0 unspecified atom stereocenters. The van der Waals surface area contributed by atoms with Gasteiger partial charge >= 0.3 is 0 Å². The number of rotatable bonds is 6. The largest absolute Gasteiger partial charge is 0.416 e. The molecule has 1 aromatic carbocycles. The molecule has 0 saturated heterocycles. The van der Waals surface area contributed by atoms with Crippen molar-refractivity contribution in [3.05, 3.63) is 52.6 Å². The van der Waals surface area contributed by atoms with Gasteiger partial charge in [-0.25, -0.2) is 4.98 Å². The van der Waals surface area contributed by atoms with Crippen LogP contribution < -0.4 is 0 Å². The van der Waals surface area contributed by atoms with E-state index in [-0.39, 0.29) is 5.04 Å². The van der Waals surface area contributed by atoms with Crippen LogP contribution in [0.15, 0.2) is 30.7 Å². The molecule has 134 valence electrons. The van der Waals surface area contributed by atoms with Gasteiger partial charge in [0, 0.05) is 29.9 Å². The maximum absolute atomic E-state index is 8.94. The normalized spacial score (nSPS) is 12.2. The number of nitriles is 1. The van der Waals surface area contributed by atoms with E-state index >= 15 is 0 Å². The van der Waals surface area contributed by atoms with Crippen molar-refractivity contribution in [3.8, 4) is 6.07 Å². The molecule has 6 heteroatoms. The minimum atomic E-state index is -1.73. The first-order valence-corrected chi connectivity index (χ1v) is 11.7. The minimum Gasteiger partial charge on any atom is -0.416 e. The average molecular weight is 376 g/mol. The summed E-state index contributed by atoms with van der Waals surface area (Å²) in [6, 6.07) is 7.50. The third-order valence-corrected chi connectivity index (χ3v) is 9.84. The lowest BCUT2D eigenvalue weighted by Gasteiger charge is -2.36. The number of halogens is 1. The SMILES string of the molecule is CC(C)(C)[Si](C)(C)OCCc1cncn1Cc1ccc(C#N)cc1Cl. The maximum Gasteiger partial charge on any atom is 0.191 e. The summed E-state index contributed by atoms with van der Waals surface area (Å²) in [4.78, 5) is 4.27. The van der Waals surface area contributed by atoms with Crippen LogP contribution >= 0.6 is 11.6 Å². The van der Waals surface area contributed by atoms with E-state index in [9.17, 15) is 0 Å². The van der Waals surface area contributed by atoms with E-state index in [1.807, 2.05) is 18.6 Å². The lowest BCUT2D eigenvalue weighted by molar-refractivity contribution is 0.289. The van der Waals surface area contributed by atoms with Crippen LogP contribution in [-0.2, 0) is 17.4 Å². The smallest absolute Gasteiger partial charge is 0.191 e. The summed E-state index contributed by atoms with van der Waals surface area (Å²) in [7, 11) is -1.73. The van der Waals surface area contributed by atoms with Crippen LogP contribution in [-0.4, -0.2) is 24.5 Å². The van der Waals surface area contributed by atoms with Crippen molar-refractivity contribution in [1.82, 2.24) is 9.55 Å². The summed E-state index contributed by atoms with van der Waals surface area (Å²) >= 11 is 6.29. The molecule has 0 aliphatic carbocycles. The highest BCUT2D eigenvalue weighted by Crippen LogP contribution is 2.36. The molecule has 1 aromatic heterocycles. The molecule has 0 bridgehead atoms. The highest BCUT2D eigenvalue weighted by Gasteiger charge is 2.36. The second-order valence-corrected chi connectivity index (χ2v) is 13.0. The van der Waals surface area contributed by atoms with Crippen LogP contribution in [0.2, 0.25) is 23.2 Å². The molecule has 0 atom stereocenters. The summed E-state index contributed by atoms with van der Waals surface area (Å²) in [5, 5.41) is 9.76. The molecular weight excluding hydrogens is 350 g/mol. The van der Waals surface area contributed by atoms with Gasteiger partial charge in [0.05, 0.1) is 24.5 Å². The molecule has 0 amide bonds. The Morgan fingerprint density at radius 1 is 1.32 bits per heavy atom. The van der Waals surface area contributed by atoms with Gasteiger partial charge in [0.15, 0.2) is 8.32 Å². The minimum absolute atomic E-state index is 0.212. The Morgan fingerprint density at radius 3 is 2.64 bits per heavy atom. The van der Waals surface area contributed by atoms with E-state index < -0.39 is 8.32 Å². The van der Waals surface area contributed by atoms with Crippen LogP contribution in [0.3, 0.4) is 0 Å². The van der Waals surface area contributed by atoms with Gasteiger partial charge in [-0.3, -0.25) is 0 Å². The summed E-state index contributed by atoms with van der Waals surface area (Å²) in [5.41, 5.74) is 2.67. The molecule has 1 heterocycles. The number of nitrogens with zero attached hydrogens (tertiary/aromatic N) is 3. The Kier molecular flexibility index (Phi) is 6.10. The molecule has 0 aliphatic heterocycles. The van der Waals surface area contributed by atoms with Crippen molar-refractivity contribution in [2.45, 2.75) is 51.9 Å². The highest BCUT2D eigenvalue weighted by molar-refractivity contribution is 6.74. The van der Waals surface area contributed by atoms with Gasteiger partial charge in [-0.1, -0.05) is 38.4 Å². The summed E-state index contributed by atoms with van der Waals surface area (Å²) < 4.78 is 8.35.